The van der Waals surface area contributed by atoms with E-state index in [1.165, 1.54) is 6.08 Å². The van der Waals surface area contributed by atoms with Crippen molar-refractivity contribution >= 4 is 29.3 Å². The zero-order valence-corrected chi connectivity index (χ0v) is 15.0. The third-order valence-corrected chi connectivity index (χ3v) is 4.00. The first-order chi connectivity index (χ1) is 13.1. The average Bonchev–Trinajstić information content (AvgIpc) is 2.70. The number of hydrogen-bond donors (Lipinski definition) is 2. The molecular formula is C23H20N2O2. The predicted octanol–water partition coefficient (Wildman–Crippen LogP) is 4.90. The van der Waals surface area contributed by atoms with Crippen LogP contribution in [0.2, 0.25) is 0 Å². The van der Waals surface area contributed by atoms with Crippen molar-refractivity contribution in [3.05, 3.63) is 102 Å². The smallest absolute Gasteiger partial charge is 0.255 e. The normalized spacial score (nSPS) is 10.6. The van der Waals surface area contributed by atoms with Gasteiger partial charge in [0.05, 0.1) is 0 Å². The van der Waals surface area contributed by atoms with Gasteiger partial charge in [0.25, 0.3) is 5.91 Å². The summed E-state index contributed by atoms with van der Waals surface area (Å²) in [6.45, 7) is 1.88. The van der Waals surface area contributed by atoms with E-state index in [1.54, 1.807) is 30.3 Å². The second kappa shape index (κ2) is 8.63. The first kappa shape index (κ1) is 18.1. The van der Waals surface area contributed by atoms with Crippen LogP contribution in [0, 0.1) is 6.92 Å². The summed E-state index contributed by atoms with van der Waals surface area (Å²) in [7, 11) is 0. The van der Waals surface area contributed by atoms with Crippen molar-refractivity contribution in [1.29, 1.82) is 0 Å². The van der Waals surface area contributed by atoms with Crippen LogP contribution >= 0.6 is 0 Å². The highest BCUT2D eigenvalue weighted by Gasteiger charge is 2.08. The Bertz CT molecular complexity index is 964. The number of nitrogens with one attached hydrogen (secondary N) is 2. The first-order valence-corrected chi connectivity index (χ1v) is 8.63. The van der Waals surface area contributed by atoms with Crippen molar-refractivity contribution in [3.63, 3.8) is 0 Å². The van der Waals surface area contributed by atoms with Crippen LogP contribution in [0.1, 0.15) is 21.5 Å². The maximum Gasteiger partial charge on any atom is 0.255 e. The second-order valence-electron chi connectivity index (χ2n) is 6.08. The number of amides is 2. The van der Waals surface area contributed by atoms with Crippen molar-refractivity contribution in [1.82, 2.24) is 0 Å². The molecule has 0 aliphatic rings. The summed E-state index contributed by atoms with van der Waals surface area (Å²) >= 11 is 0. The molecule has 0 radical (unpaired) electrons. The van der Waals surface area contributed by atoms with Gasteiger partial charge in [0.15, 0.2) is 0 Å². The molecule has 0 unspecified atom stereocenters. The van der Waals surface area contributed by atoms with E-state index >= 15 is 0 Å². The predicted molar refractivity (Wildman–Crippen MR) is 110 cm³/mol. The van der Waals surface area contributed by atoms with Crippen LogP contribution in [0.25, 0.3) is 6.08 Å². The van der Waals surface area contributed by atoms with Crippen LogP contribution in [-0.2, 0) is 4.79 Å². The van der Waals surface area contributed by atoms with Crippen molar-refractivity contribution in [3.8, 4) is 0 Å². The molecule has 0 bridgehead atoms. The molecule has 0 heterocycles. The number of hydrogen-bond acceptors (Lipinski definition) is 2. The van der Waals surface area contributed by atoms with Crippen molar-refractivity contribution < 1.29 is 9.59 Å². The number of anilines is 2. The molecule has 0 saturated heterocycles. The molecule has 0 atom stereocenters. The highest BCUT2D eigenvalue weighted by atomic mass is 16.2. The topological polar surface area (TPSA) is 58.2 Å². The Morgan fingerprint density at radius 2 is 1.48 bits per heavy atom. The molecule has 3 aromatic carbocycles. The largest absolute Gasteiger partial charge is 0.323 e. The molecule has 134 valence electrons. The quantitative estimate of drug-likeness (QED) is 0.639. The highest BCUT2D eigenvalue weighted by molar-refractivity contribution is 6.05. The zero-order chi connectivity index (χ0) is 19.1. The van der Waals surface area contributed by atoms with E-state index in [-0.39, 0.29) is 11.8 Å². The molecule has 0 fully saturated rings. The van der Waals surface area contributed by atoms with Gasteiger partial charge in [-0.1, -0.05) is 48.5 Å². The lowest BCUT2D eigenvalue weighted by atomic mass is 10.1. The lowest BCUT2D eigenvalue weighted by molar-refractivity contribution is -0.111. The summed E-state index contributed by atoms with van der Waals surface area (Å²) in [6.07, 6.45) is 3.26. The minimum absolute atomic E-state index is 0.165. The van der Waals surface area contributed by atoms with Crippen LogP contribution in [0.3, 0.4) is 0 Å². The van der Waals surface area contributed by atoms with Crippen LogP contribution in [0.5, 0.6) is 0 Å². The Morgan fingerprint density at radius 1 is 0.815 bits per heavy atom. The Balaban J connectivity index is 1.63. The summed E-state index contributed by atoms with van der Waals surface area (Å²) in [4.78, 5) is 24.3. The van der Waals surface area contributed by atoms with E-state index in [2.05, 4.69) is 10.6 Å². The third-order valence-electron chi connectivity index (χ3n) is 4.00. The molecule has 4 nitrogen and oxygen atoms in total. The van der Waals surface area contributed by atoms with Gasteiger partial charge in [0, 0.05) is 23.0 Å². The van der Waals surface area contributed by atoms with Gasteiger partial charge in [-0.3, -0.25) is 9.59 Å². The maximum atomic E-state index is 12.3. The molecule has 2 amide bonds. The van der Waals surface area contributed by atoms with Crippen molar-refractivity contribution in [2.75, 3.05) is 10.6 Å². The Kier molecular flexibility index (Phi) is 5.80. The van der Waals surface area contributed by atoms with Crippen LogP contribution < -0.4 is 10.6 Å². The zero-order valence-electron chi connectivity index (χ0n) is 15.0. The molecule has 3 rings (SSSR count). The van der Waals surface area contributed by atoms with E-state index in [1.807, 2.05) is 61.5 Å². The minimum Gasteiger partial charge on any atom is -0.323 e. The number of rotatable bonds is 5. The van der Waals surface area contributed by atoms with E-state index < -0.39 is 0 Å². The van der Waals surface area contributed by atoms with Crippen molar-refractivity contribution in [2.45, 2.75) is 6.92 Å². The summed E-state index contributed by atoms with van der Waals surface area (Å²) in [5.74, 6) is -0.374. The van der Waals surface area contributed by atoms with E-state index in [0.717, 1.165) is 11.1 Å². The number of aryl methyl sites for hydroxylation is 1. The summed E-state index contributed by atoms with van der Waals surface area (Å²) in [5.41, 5.74) is 3.81. The SMILES string of the molecule is Cc1cc(NC(=O)/C=C/c2ccccc2)ccc1NC(=O)c1ccccc1. The standard InChI is InChI=1S/C23H20N2O2/c1-17-16-20(24-22(26)15-12-18-8-4-2-5-9-18)13-14-21(17)25-23(27)19-10-6-3-7-11-19/h2-16H,1H3,(H,24,26)(H,25,27)/b15-12+. The molecule has 27 heavy (non-hydrogen) atoms. The van der Waals surface area contributed by atoms with Gasteiger partial charge < -0.3 is 10.6 Å². The lowest BCUT2D eigenvalue weighted by Crippen LogP contribution is -2.13. The van der Waals surface area contributed by atoms with Crippen LogP contribution in [0.15, 0.2) is 84.9 Å². The maximum absolute atomic E-state index is 12.3. The number of benzene rings is 3. The van der Waals surface area contributed by atoms with Gasteiger partial charge in [-0.2, -0.15) is 0 Å². The fraction of sp³-hybridized carbons (Fsp3) is 0.0435. The van der Waals surface area contributed by atoms with Gasteiger partial charge in [0.2, 0.25) is 5.91 Å². The van der Waals surface area contributed by atoms with Crippen LogP contribution in [0.4, 0.5) is 11.4 Å². The molecule has 4 heteroatoms. The summed E-state index contributed by atoms with van der Waals surface area (Å²) in [5, 5.41) is 5.71. The second-order valence-corrected chi connectivity index (χ2v) is 6.08. The minimum atomic E-state index is -0.209. The monoisotopic (exact) mass is 356 g/mol. The van der Waals surface area contributed by atoms with Crippen molar-refractivity contribution in [2.24, 2.45) is 0 Å². The summed E-state index contributed by atoms with van der Waals surface area (Å²) < 4.78 is 0. The molecule has 2 N–H and O–H groups in total. The summed E-state index contributed by atoms with van der Waals surface area (Å²) in [6, 6.07) is 24.0. The average molecular weight is 356 g/mol. The van der Waals surface area contributed by atoms with Gasteiger partial charge >= 0.3 is 0 Å². The first-order valence-electron chi connectivity index (χ1n) is 8.63. The molecule has 0 aliphatic carbocycles. The molecule has 0 aromatic heterocycles. The van der Waals surface area contributed by atoms with Gasteiger partial charge in [-0.15, -0.1) is 0 Å². The fourth-order valence-corrected chi connectivity index (χ4v) is 2.59. The molecule has 0 saturated carbocycles. The van der Waals surface area contributed by atoms with E-state index in [4.69, 9.17) is 0 Å². The van der Waals surface area contributed by atoms with Gasteiger partial charge in [0.1, 0.15) is 0 Å². The Morgan fingerprint density at radius 3 is 2.15 bits per heavy atom. The number of carbonyl (C=O) groups is 2. The Hall–Kier alpha value is -3.66. The lowest BCUT2D eigenvalue weighted by Gasteiger charge is -2.10. The number of carbonyl (C=O) groups excluding carboxylic acids is 2. The molecule has 0 aliphatic heterocycles. The van der Waals surface area contributed by atoms with Gasteiger partial charge in [-0.25, -0.2) is 0 Å². The van der Waals surface area contributed by atoms with Crippen LogP contribution in [-0.4, -0.2) is 11.8 Å². The Labute approximate surface area is 158 Å². The van der Waals surface area contributed by atoms with Gasteiger partial charge in [-0.05, 0) is 54.5 Å². The third kappa shape index (κ3) is 5.16. The fourth-order valence-electron chi connectivity index (χ4n) is 2.59. The van der Waals surface area contributed by atoms with E-state index in [9.17, 15) is 9.59 Å². The molecule has 0 spiro atoms. The highest BCUT2D eigenvalue weighted by Crippen LogP contribution is 2.20. The molecule has 3 aromatic rings. The molecular weight excluding hydrogens is 336 g/mol. The van der Waals surface area contributed by atoms with E-state index in [0.29, 0.717) is 16.9 Å².